The minimum Gasteiger partial charge on any atom is -0.490 e. The average molecular weight is 656 g/mol. The molecule has 0 spiro atoms. The van der Waals surface area contributed by atoms with Crippen LogP contribution in [-0.2, 0) is 46.2 Å². The normalized spacial score (nSPS) is 14.4. The maximum absolute atomic E-state index is 12.0. The number of halogens is 1. The zero-order chi connectivity index (χ0) is 32.0. The van der Waals surface area contributed by atoms with Crippen molar-refractivity contribution in [2.45, 2.75) is 51.9 Å². The van der Waals surface area contributed by atoms with Crippen LogP contribution in [0.25, 0.3) is 11.0 Å². The maximum Gasteiger partial charge on any atom is 0.306 e. The van der Waals surface area contributed by atoms with Crippen molar-refractivity contribution < 1.29 is 32.2 Å². The van der Waals surface area contributed by atoms with E-state index in [1.165, 1.54) is 10.6 Å². The summed E-state index contributed by atoms with van der Waals surface area (Å²) in [6, 6.07) is 18.8. The first kappa shape index (κ1) is 32.6. The Labute approximate surface area is 268 Å². The second-order valence-corrected chi connectivity index (χ2v) is 13.4. The summed E-state index contributed by atoms with van der Waals surface area (Å²) in [5, 5.41) is 0.655. The molecule has 0 N–H and O–H groups in total. The number of benzene rings is 3. The molecule has 0 aliphatic carbocycles. The molecule has 1 fully saturated rings. The first-order chi connectivity index (χ1) is 21.6. The highest BCUT2D eigenvalue weighted by Gasteiger charge is 2.26. The Morgan fingerprint density at radius 2 is 1.71 bits per heavy atom. The van der Waals surface area contributed by atoms with Gasteiger partial charge in [0.15, 0.2) is 0 Å². The summed E-state index contributed by atoms with van der Waals surface area (Å²) in [7, 11) is -1.25. The highest BCUT2D eigenvalue weighted by atomic mass is 35.5. The number of nitrogens with zero attached hydrogens (tertiary/aromatic N) is 3. The number of carbonyl (C=O) groups excluding carboxylic acids is 1. The van der Waals surface area contributed by atoms with E-state index in [0.717, 1.165) is 33.7 Å². The van der Waals surface area contributed by atoms with Crippen molar-refractivity contribution in [3.63, 3.8) is 0 Å². The van der Waals surface area contributed by atoms with Gasteiger partial charge in [0.25, 0.3) is 0 Å². The summed E-state index contributed by atoms with van der Waals surface area (Å²) in [4.78, 5) is 16.8. The minimum absolute atomic E-state index is 0.0483. The largest absolute Gasteiger partial charge is 0.490 e. The molecule has 0 radical (unpaired) electrons. The molecule has 1 saturated heterocycles. The number of piperidine rings is 1. The third kappa shape index (κ3) is 8.68. The predicted octanol–water partition coefficient (Wildman–Crippen LogP) is 5.68. The average Bonchev–Trinajstić information content (AvgIpc) is 3.33. The van der Waals surface area contributed by atoms with Crippen molar-refractivity contribution in [2.75, 3.05) is 26.0 Å². The molecule has 5 rings (SSSR count). The van der Waals surface area contributed by atoms with Crippen LogP contribution >= 0.6 is 11.6 Å². The zero-order valence-electron chi connectivity index (χ0n) is 25.7. The maximum atomic E-state index is 12.0. The summed E-state index contributed by atoms with van der Waals surface area (Å²) < 4.78 is 50.7. The van der Waals surface area contributed by atoms with Crippen LogP contribution in [-0.4, -0.2) is 60.3 Å². The van der Waals surface area contributed by atoms with Gasteiger partial charge < -0.3 is 23.5 Å². The third-order valence-electron chi connectivity index (χ3n) is 7.74. The number of hydrogen-bond donors (Lipinski definition) is 0. The first-order valence-electron chi connectivity index (χ1n) is 14.9. The molecule has 1 aliphatic rings. The molecule has 4 aromatic rings. The van der Waals surface area contributed by atoms with Gasteiger partial charge in [-0.2, -0.15) is 0 Å². The van der Waals surface area contributed by atoms with Gasteiger partial charge >= 0.3 is 5.97 Å². The number of sulfonamides is 1. The molecule has 45 heavy (non-hydrogen) atoms. The second-order valence-electron chi connectivity index (χ2n) is 11.0. The van der Waals surface area contributed by atoms with Gasteiger partial charge in [0.05, 0.1) is 23.9 Å². The van der Waals surface area contributed by atoms with E-state index in [9.17, 15) is 13.2 Å². The van der Waals surface area contributed by atoms with Crippen LogP contribution in [0.15, 0.2) is 60.7 Å². The Hall–Kier alpha value is -3.80. The van der Waals surface area contributed by atoms with Crippen molar-refractivity contribution in [1.82, 2.24) is 13.9 Å². The molecular formula is C33H38ClN3O7S. The highest BCUT2D eigenvalue weighted by molar-refractivity contribution is 7.88. The number of carbonyl (C=O) groups is 1. The Kier molecular flexibility index (Phi) is 10.5. The minimum atomic E-state index is -3.18. The number of ether oxygens (including phenoxy) is 4. The van der Waals surface area contributed by atoms with Gasteiger partial charge in [-0.3, -0.25) is 4.79 Å². The van der Waals surface area contributed by atoms with Gasteiger partial charge in [0.1, 0.15) is 42.4 Å². The van der Waals surface area contributed by atoms with Gasteiger partial charge in [0, 0.05) is 43.7 Å². The predicted molar refractivity (Wildman–Crippen MR) is 172 cm³/mol. The topological polar surface area (TPSA) is 109 Å². The number of imidazole rings is 1. The van der Waals surface area contributed by atoms with Gasteiger partial charge in [0.2, 0.25) is 10.0 Å². The molecule has 0 saturated carbocycles. The van der Waals surface area contributed by atoms with Crippen LogP contribution in [0.5, 0.6) is 17.2 Å². The van der Waals surface area contributed by atoms with Crippen LogP contribution < -0.4 is 14.2 Å². The molecule has 0 amide bonds. The molecule has 12 heteroatoms. The Morgan fingerprint density at radius 3 is 2.42 bits per heavy atom. The summed E-state index contributed by atoms with van der Waals surface area (Å²) in [6.07, 6.45) is 3.20. The highest BCUT2D eigenvalue weighted by Crippen LogP contribution is 2.29. The molecule has 1 aliphatic heterocycles. The summed E-state index contributed by atoms with van der Waals surface area (Å²) in [6.45, 7) is 3.60. The van der Waals surface area contributed by atoms with E-state index in [0.29, 0.717) is 62.1 Å². The van der Waals surface area contributed by atoms with Crippen LogP contribution in [0.2, 0.25) is 5.02 Å². The third-order valence-corrected chi connectivity index (χ3v) is 9.29. The van der Waals surface area contributed by atoms with Crippen LogP contribution in [0.4, 0.5) is 0 Å². The lowest BCUT2D eigenvalue weighted by Gasteiger charge is -2.30. The first-order valence-corrected chi connectivity index (χ1v) is 17.2. The molecule has 240 valence electrons. The lowest BCUT2D eigenvalue weighted by Crippen LogP contribution is -2.41. The monoisotopic (exact) mass is 655 g/mol. The van der Waals surface area contributed by atoms with Crippen molar-refractivity contribution in [3.05, 3.63) is 82.6 Å². The van der Waals surface area contributed by atoms with Gasteiger partial charge in [-0.25, -0.2) is 17.7 Å². The van der Waals surface area contributed by atoms with E-state index in [1.54, 1.807) is 6.92 Å². The van der Waals surface area contributed by atoms with Gasteiger partial charge in [-0.15, -0.1) is 0 Å². The van der Waals surface area contributed by atoms with Gasteiger partial charge in [-0.05, 0) is 67.6 Å². The number of fused-ring (bicyclic) bond motifs is 1. The number of rotatable bonds is 13. The van der Waals surface area contributed by atoms with E-state index in [4.69, 9.17) is 35.5 Å². The Morgan fingerprint density at radius 1 is 0.978 bits per heavy atom. The smallest absolute Gasteiger partial charge is 0.306 e. The number of aromatic nitrogens is 2. The van der Waals surface area contributed by atoms with Gasteiger partial charge in [-0.1, -0.05) is 29.8 Å². The standard InChI is InChI=1S/C33H38ClN3O7S/c1-4-41-33(38)14-8-24-7-11-27(20-31(24)43-21-23-5-9-25(34)10-6-23)42-22-32-35-29-13-12-28(19-30(29)36(32)2)44-26-15-17-37(18-16-26)45(3,39)40/h5-7,9-13,19-20,26H,4,8,14-18,21-22H2,1-3H3. The van der Waals surface area contributed by atoms with E-state index in [1.807, 2.05) is 72.3 Å². The summed E-state index contributed by atoms with van der Waals surface area (Å²) >= 11 is 6.03. The molecular weight excluding hydrogens is 618 g/mol. The molecule has 10 nitrogen and oxygen atoms in total. The van der Waals surface area contributed by atoms with Crippen LogP contribution in [0.3, 0.4) is 0 Å². The molecule has 3 aromatic carbocycles. The quantitative estimate of drug-likeness (QED) is 0.169. The lowest BCUT2D eigenvalue weighted by atomic mass is 10.1. The van der Waals surface area contributed by atoms with Crippen molar-refractivity contribution in [3.8, 4) is 17.2 Å². The lowest BCUT2D eigenvalue weighted by molar-refractivity contribution is -0.143. The van der Waals surface area contributed by atoms with Crippen molar-refractivity contribution in [1.29, 1.82) is 0 Å². The number of aryl methyl sites for hydroxylation is 2. The van der Waals surface area contributed by atoms with Crippen molar-refractivity contribution in [2.24, 2.45) is 7.05 Å². The second kappa shape index (κ2) is 14.5. The van der Waals surface area contributed by atoms with Crippen LogP contribution in [0, 0.1) is 0 Å². The zero-order valence-corrected chi connectivity index (χ0v) is 27.3. The fraction of sp³-hybridized carbons (Fsp3) is 0.394. The van der Waals surface area contributed by atoms with E-state index < -0.39 is 10.0 Å². The fourth-order valence-corrected chi connectivity index (χ4v) is 6.22. The number of hydrogen-bond acceptors (Lipinski definition) is 8. The molecule has 0 bridgehead atoms. The Balaban J connectivity index is 1.25. The number of esters is 1. The van der Waals surface area contributed by atoms with E-state index in [2.05, 4.69) is 0 Å². The Bertz CT molecular complexity index is 1730. The SMILES string of the molecule is CCOC(=O)CCc1ccc(OCc2nc3ccc(OC4CCN(S(C)(=O)=O)CC4)cc3n2C)cc1OCc1ccc(Cl)cc1. The van der Waals surface area contributed by atoms with Crippen LogP contribution in [0.1, 0.15) is 43.1 Å². The summed E-state index contributed by atoms with van der Waals surface area (Å²) in [5.74, 6) is 2.43. The fourth-order valence-electron chi connectivity index (χ4n) is 5.22. The van der Waals surface area contributed by atoms with E-state index >= 15 is 0 Å². The molecule has 0 unspecified atom stereocenters. The van der Waals surface area contributed by atoms with E-state index in [-0.39, 0.29) is 25.1 Å². The molecule has 2 heterocycles. The molecule has 1 aromatic heterocycles. The molecule has 0 atom stereocenters. The van der Waals surface area contributed by atoms with Crippen molar-refractivity contribution >= 4 is 38.6 Å². The summed E-state index contributed by atoms with van der Waals surface area (Å²) in [5.41, 5.74) is 3.56.